The molecule has 0 bridgehead atoms. The summed E-state index contributed by atoms with van der Waals surface area (Å²) in [6.07, 6.45) is 0.933. The van der Waals surface area contributed by atoms with Gasteiger partial charge in [-0.15, -0.1) is 0 Å². The molecule has 0 spiro atoms. The minimum absolute atomic E-state index is 0.933. The summed E-state index contributed by atoms with van der Waals surface area (Å²) in [4.78, 5) is 0. The Morgan fingerprint density at radius 2 is 0.479 bits per heavy atom. The second-order valence-electron chi connectivity index (χ2n) is 11.7. The third kappa shape index (κ3) is 7.23. The zero-order valence-corrected chi connectivity index (χ0v) is 30.3. The van der Waals surface area contributed by atoms with Crippen molar-refractivity contribution >= 4 is 53.9 Å². The van der Waals surface area contributed by atoms with E-state index < -0.39 is 21.8 Å². The van der Waals surface area contributed by atoms with Gasteiger partial charge in [-0.1, -0.05) is 121 Å². The molecule has 1 aliphatic rings. The SMILES string of the molecule is c1cc[c]([Bi]([c]2ccccc2)[c]2ccccc2)cc1.c1ccc(C2=C(c3ccccc3)C(c3ccccc3)=C(c3ccccc3)C2)cc1. The summed E-state index contributed by atoms with van der Waals surface area (Å²) >= 11 is -2.06. The Hall–Kier alpha value is -5.10. The fraction of sp³-hybridized carbons (Fsp3) is 0.0213. The van der Waals surface area contributed by atoms with E-state index in [1.54, 1.807) is 0 Å². The first-order chi connectivity index (χ1) is 23.9. The van der Waals surface area contributed by atoms with E-state index in [-0.39, 0.29) is 0 Å². The molecule has 0 N–H and O–H groups in total. The predicted molar refractivity (Wildman–Crippen MR) is 208 cm³/mol. The van der Waals surface area contributed by atoms with Gasteiger partial charge in [-0.3, -0.25) is 0 Å². The van der Waals surface area contributed by atoms with Crippen molar-refractivity contribution in [1.82, 2.24) is 0 Å². The Labute approximate surface area is 293 Å². The van der Waals surface area contributed by atoms with Crippen LogP contribution in [-0.4, -0.2) is 21.8 Å². The van der Waals surface area contributed by atoms with Crippen LogP contribution in [0.2, 0.25) is 0 Å². The Bertz CT molecular complexity index is 1890. The molecule has 0 aromatic heterocycles. The van der Waals surface area contributed by atoms with Crippen molar-refractivity contribution in [3.8, 4) is 0 Å². The molecule has 0 amide bonds. The van der Waals surface area contributed by atoms with Gasteiger partial charge in [0.15, 0.2) is 0 Å². The van der Waals surface area contributed by atoms with Crippen molar-refractivity contribution in [1.29, 1.82) is 0 Å². The number of benzene rings is 7. The van der Waals surface area contributed by atoms with Crippen LogP contribution in [0.5, 0.6) is 0 Å². The molecule has 230 valence electrons. The van der Waals surface area contributed by atoms with Crippen LogP contribution >= 0.6 is 0 Å². The van der Waals surface area contributed by atoms with Crippen molar-refractivity contribution in [2.75, 3.05) is 0 Å². The standard InChI is InChI=1S/C29H22.3C6H5.Bi/c1-5-13-22(14-6-1)26-21-27(23-15-7-2-8-16-23)29(25-19-11-4-12-20-25)28(26)24-17-9-3-10-18-24;3*1-2-4-6-5-3-1;/h1-20H,21H2;3*1-5H;. The predicted octanol–water partition coefficient (Wildman–Crippen LogP) is 9.81. The van der Waals surface area contributed by atoms with Crippen LogP contribution in [0.3, 0.4) is 0 Å². The Morgan fingerprint density at radius 1 is 0.250 bits per heavy atom. The number of hydrogen-bond acceptors (Lipinski definition) is 0. The van der Waals surface area contributed by atoms with Crippen LogP contribution in [0.1, 0.15) is 28.7 Å². The molecular weight excluding hydrogens is 773 g/mol. The maximum Gasteiger partial charge on any atom is -0.000111 e. The van der Waals surface area contributed by atoms with E-state index in [2.05, 4.69) is 212 Å². The largest absolute Gasteiger partial charge is 0.0622 e. The average Bonchev–Trinajstić information content (AvgIpc) is 3.59. The van der Waals surface area contributed by atoms with E-state index >= 15 is 0 Å². The van der Waals surface area contributed by atoms with Gasteiger partial charge < -0.3 is 0 Å². The number of rotatable bonds is 7. The molecule has 1 heteroatoms. The third-order valence-electron chi connectivity index (χ3n) is 8.62. The van der Waals surface area contributed by atoms with Crippen molar-refractivity contribution < 1.29 is 0 Å². The quantitative estimate of drug-likeness (QED) is 0.141. The molecule has 7 aromatic carbocycles. The zero-order valence-electron chi connectivity index (χ0n) is 26.9. The maximum atomic E-state index is 2.29. The number of allylic oxidation sites excluding steroid dienone is 4. The molecule has 0 radical (unpaired) electrons. The second-order valence-corrected chi connectivity index (χ2v) is 20.3. The van der Waals surface area contributed by atoms with E-state index in [1.807, 2.05) is 0 Å². The van der Waals surface area contributed by atoms with Gasteiger partial charge in [-0.2, -0.15) is 0 Å². The molecular formula is C47H37Bi. The third-order valence-corrected chi connectivity index (χ3v) is 18.1. The minimum atomic E-state index is -2.06. The van der Waals surface area contributed by atoms with Gasteiger partial charge in [-0.05, 0) is 51.0 Å². The summed E-state index contributed by atoms with van der Waals surface area (Å²) in [7, 11) is 0. The topological polar surface area (TPSA) is 0 Å². The molecule has 0 atom stereocenters. The van der Waals surface area contributed by atoms with E-state index in [0.29, 0.717) is 0 Å². The van der Waals surface area contributed by atoms with Crippen molar-refractivity contribution in [3.05, 3.63) is 235 Å². The first kappa shape index (κ1) is 31.5. The fourth-order valence-corrected chi connectivity index (χ4v) is 15.4. The maximum absolute atomic E-state index is 2.29. The van der Waals surface area contributed by atoms with Crippen LogP contribution in [0.4, 0.5) is 0 Å². The van der Waals surface area contributed by atoms with Crippen LogP contribution in [0.15, 0.2) is 212 Å². The molecule has 0 nitrogen and oxygen atoms in total. The molecule has 0 aliphatic heterocycles. The summed E-state index contributed by atoms with van der Waals surface area (Å²) < 4.78 is 4.61. The summed E-state index contributed by atoms with van der Waals surface area (Å²) in [5.41, 5.74) is 10.6. The van der Waals surface area contributed by atoms with E-state index in [0.717, 1.165) is 6.42 Å². The zero-order chi connectivity index (χ0) is 32.4. The molecule has 0 saturated heterocycles. The Morgan fingerprint density at radius 3 is 0.750 bits per heavy atom. The van der Waals surface area contributed by atoms with Crippen LogP contribution in [-0.2, 0) is 0 Å². The Kier molecular flexibility index (Phi) is 10.3. The van der Waals surface area contributed by atoms with Gasteiger partial charge >= 0.3 is 123 Å². The molecule has 0 fully saturated rings. The van der Waals surface area contributed by atoms with Gasteiger partial charge in [-0.25, -0.2) is 0 Å². The normalized spacial score (nSPS) is 12.5. The van der Waals surface area contributed by atoms with Crippen molar-refractivity contribution in [2.45, 2.75) is 6.42 Å². The van der Waals surface area contributed by atoms with Crippen LogP contribution in [0, 0.1) is 0 Å². The Balaban J connectivity index is 0.000000166. The molecule has 0 saturated carbocycles. The molecule has 7 aromatic rings. The van der Waals surface area contributed by atoms with Gasteiger partial charge in [0.1, 0.15) is 0 Å². The molecule has 48 heavy (non-hydrogen) atoms. The van der Waals surface area contributed by atoms with E-state index in [1.165, 1.54) is 54.4 Å². The smallest absolute Gasteiger partial charge is 0.000111 e. The van der Waals surface area contributed by atoms with Gasteiger partial charge in [0.2, 0.25) is 0 Å². The first-order valence-corrected chi connectivity index (χ1v) is 21.7. The molecule has 8 rings (SSSR count). The first-order valence-electron chi connectivity index (χ1n) is 16.5. The summed E-state index contributed by atoms with van der Waals surface area (Å²) in [6, 6.07) is 76.2. The average molecular weight is 811 g/mol. The van der Waals surface area contributed by atoms with Crippen LogP contribution in [0.25, 0.3) is 22.3 Å². The van der Waals surface area contributed by atoms with Crippen LogP contribution < -0.4 is 9.81 Å². The molecule has 1 aliphatic carbocycles. The fourth-order valence-electron chi connectivity index (χ4n) is 6.45. The second kappa shape index (κ2) is 15.7. The molecule has 0 heterocycles. The summed E-state index contributed by atoms with van der Waals surface area (Å²) in [5, 5.41) is 0. The molecule has 0 unspecified atom stereocenters. The van der Waals surface area contributed by atoms with Gasteiger partial charge in [0, 0.05) is 0 Å². The van der Waals surface area contributed by atoms with Gasteiger partial charge in [0.25, 0.3) is 0 Å². The van der Waals surface area contributed by atoms with Crippen molar-refractivity contribution in [3.63, 3.8) is 0 Å². The van der Waals surface area contributed by atoms with E-state index in [4.69, 9.17) is 0 Å². The summed E-state index contributed by atoms with van der Waals surface area (Å²) in [5.74, 6) is 0. The summed E-state index contributed by atoms with van der Waals surface area (Å²) in [6.45, 7) is 0. The monoisotopic (exact) mass is 810 g/mol. The van der Waals surface area contributed by atoms with Crippen molar-refractivity contribution in [2.24, 2.45) is 0 Å². The van der Waals surface area contributed by atoms with Gasteiger partial charge in [0.05, 0.1) is 0 Å². The number of hydrogen-bond donors (Lipinski definition) is 0. The minimum Gasteiger partial charge on any atom is -0.0622 e. The van der Waals surface area contributed by atoms with E-state index in [9.17, 15) is 0 Å².